The summed E-state index contributed by atoms with van der Waals surface area (Å²) < 4.78 is 5.01. The van der Waals surface area contributed by atoms with Crippen molar-refractivity contribution < 1.29 is 4.74 Å². The van der Waals surface area contributed by atoms with Crippen molar-refractivity contribution in [2.45, 2.75) is 0 Å². The van der Waals surface area contributed by atoms with E-state index in [-0.39, 0.29) is 5.34 Å². The van der Waals surface area contributed by atoms with Crippen molar-refractivity contribution in [3.05, 3.63) is 0 Å². The summed E-state index contributed by atoms with van der Waals surface area (Å²) in [6.45, 7) is 3.83. The Morgan fingerprint density at radius 3 is 1.78 bits per heavy atom. The minimum Gasteiger partial charge on any atom is -0.379 e. The summed E-state index contributed by atoms with van der Waals surface area (Å²) in [7, 11) is 0. The molecule has 0 spiro atoms. The van der Waals surface area contributed by atoms with Crippen LogP contribution in [-0.4, -0.2) is 31.6 Å². The molecule has 0 amide bonds. The number of nitrogens with one attached hydrogen (secondary N) is 1. The topological polar surface area (TPSA) is 21.3 Å². The average Bonchev–Trinajstić information content (AvgIpc) is 1.93. The molecule has 0 saturated carbocycles. The molecule has 1 heterocycles. The molecule has 4 heteroatoms. The van der Waals surface area contributed by atoms with Crippen LogP contribution in [0.5, 0.6) is 0 Å². The average molecular weight is 172 g/mol. The van der Waals surface area contributed by atoms with E-state index in [1.165, 1.54) is 0 Å². The van der Waals surface area contributed by atoms with Gasteiger partial charge in [-0.3, -0.25) is 0 Å². The standard InChI is InChI=1S/C4H9NO.CH2Cl2/c1-3-6-4-2-5-1;2-1-3/h5H,1-4H2;1H2. The van der Waals surface area contributed by atoms with Gasteiger partial charge in [-0.25, -0.2) is 0 Å². The van der Waals surface area contributed by atoms with Gasteiger partial charge in [0.15, 0.2) is 0 Å². The zero-order chi connectivity index (χ0) is 6.95. The predicted octanol–water partition coefficient (Wildman–Crippen LogP) is 1.03. The SMILES string of the molecule is C1COCCN1.ClCCl. The summed E-state index contributed by atoms with van der Waals surface area (Å²) in [6, 6.07) is 0. The van der Waals surface area contributed by atoms with E-state index >= 15 is 0 Å². The number of morpholine rings is 1. The Balaban J connectivity index is 0.000000187. The van der Waals surface area contributed by atoms with E-state index in [0.717, 1.165) is 26.3 Å². The van der Waals surface area contributed by atoms with E-state index in [0.29, 0.717) is 0 Å². The van der Waals surface area contributed by atoms with Crippen molar-refractivity contribution in [1.82, 2.24) is 5.32 Å². The van der Waals surface area contributed by atoms with Gasteiger partial charge >= 0.3 is 0 Å². The predicted molar refractivity (Wildman–Crippen MR) is 40.3 cm³/mol. The molecule has 1 saturated heterocycles. The molecule has 1 aliphatic heterocycles. The number of alkyl halides is 2. The molecule has 0 bridgehead atoms. The highest BCUT2D eigenvalue weighted by Gasteiger charge is 1.92. The summed E-state index contributed by atoms with van der Waals surface area (Å²) >= 11 is 9.53. The largest absolute Gasteiger partial charge is 0.379 e. The van der Waals surface area contributed by atoms with Crippen LogP contribution in [0.4, 0.5) is 0 Å². The Morgan fingerprint density at radius 1 is 1.22 bits per heavy atom. The van der Waals surface area contributed by atoms with Crippen LogP contribution in [0.25, 0.3) is 0 Å². The molecule has 9 heavy (non-hydrogen) atoms. The third-order valence-corrected chi connectivity index (χ3v) is 0.846. The van der Waals surface area contributed by atoms with E-state index < -0.39 is 0 Å². The molecule has 0 aliphatic carbocycles. The van der Waals surface area contributed by atoms with Crippen molar-refractivity contribution in [1.29, 1.82) is 0 Å². The molecular weight excluding hydrogens is 161 g/mol. The Hall–Kier alpha value is 0.500. The van der Waals surface area contributed by atoms with Gasteiger partial charge in [0, 0.05) is 13.1 Å². The minimum atomic E-state index is 0.194. The Labute approximate surface area is 65.5 Å². The number of hydrogen-bond donors (Lipinski definition) is 1. The van der Waals surface area contributed by atoms with Gasteiger partial charge in [0.25, 0.3) is 0 Å². The summed E-state index contributed by atoms with van der Waals surface area (Å²) in [5, 5.41) is 3.35. The van der Waals surface area contributed by atoms with E-state index in [1.807, 2.05) is 0 Å². The first-order valence-electron chi connectivity index (χ1n) is 2.82. The third-order valence-electron chi connectivity index (χ3n) is 0.846. The Kier molecular flexibility index (Phi) is 8.97. The van der Waals surface area contributed by atoms with Gasteiger partial charge in [-0.05, 0) is 0 Å². The fourth-order valence-corrected chi connectivity index (χ4v) is 0.516. The second kappa shape index (κ2) is 8.50. The fourth-order valence-electron chi connectivity index (χ4n) is 0.516. The second-order valence-corrected chi connectivity index (χ2v) is 2.27. The maximum atomic E-state index is 5.01. The van der Waals surface area contributed by atoms with Crippen LogP contribution in [0.2, 0.25) is 0 Å². The molecule has 0 atom stereocenters. The summed E-state index contributed by atoms with van der Waals surface area (Å²) in [5.41, 5.74) is 0. The summed E-state index contributed by atoms with van der Waals surface area (Å²) in [5.74, 6) is 0. The van der Waals surface area contributed by atoms with Crippen molar-refractivity contribution in [2.24, 2.45) is 0 Å². The molecule has 1 rings (SSSR count). The highest BCUT2D eigenvalue weighted by atomic mass is 35.5. The van der Waals surface area contributed by atoms with Crippen molar-refractivity contribution in [3.8, 4) is 0 Å². The van der Waals surface area contributed by atoms with Gasteiger partial charge < -0.3 is 10.1 Å². The van der Waals surface area contributed by atoms with Crippen molar-refractivity contribution >= 4 is 23.2 Å². The van der Waals surface area contributed by atoms with Crippen molar-refractivity contribution in [3.63, 3.8) is 0 Å². The quantitative estimate of drug-likeness (QED) is 0.551. The molecule has 1 fully saturated rings. The zero-order valence-electron chi connectivity index (χ0n) is 5.20. The third kappa shape index (κ3) is 8.50. The van der Waals surface area contributed by atoms with Crippen LogP contribution in [0.1, 0.15) is 0 Å². The van der Waals surface area contributed by atoms with E-state index in [4.69, 9.17) is 27.9 Å². The van der Waals surface area contributed by atoms with E-state index in [9.17, 15) is 0 Å². The molecular formula is C5H11Cl2NO. The maximum absolute atomic E-state index is 5.01. The molecule has 0 radical (unpaired) electrons. The highest BCUT2D eigenvalue weighted by Crippen LogP contribution is 1.76. The molecule has 0 aromatic carbocycles. The monoisotopic (exact) mass is 171 g/mol. The van der Waals surface area contributed by atoms with Gasteiger partial charge in [0.05, 0.1) is 18.6 Å². The molecule has 2 nitrogen and oxygen atoms in total. The lowest BCUT2D eigenvalue weighted by molar-refractivity contribution is 0.109. The smallest absolute Gasteiger partial charge is 0.0967 e. The highest BCUT2D eigenvalue weighted by molar-refractivity contribution is 6.40. The van der Waals surface area contributed by atoms with E-state index in [1.54, 1.807) is 0 Å². The van der Waals surface area contributed by atoms with E-state index in [2.05, 4.69) is 5.32 Å². The molecule has 1 N–H and O–H groups in total. The molecule has 0 aromatic heterocycles. The first kappa shape index (κ1) is 9.50. The van der Waals surface area contributed by atoms with Crippen LogP contribution in [0, 0.1) is 0 Å². The zero-order valence-corrected chi connectivity index (χ0v) is 6.71. The van der Waals surface area contributed by atoms with Gasteiger partial charge in [-0.1, -0.05) is 0 Å². The molecule has 0 unspecified atom stereocenters. The summed E-state index contributed by atoms with van der Waals surface area (Å²) in [4.78, 5) is 0. The van der Waals surface area contributed by atoms with Gasteiger partial charge in [-0.15, -0.1) is 23.2 Å². The Morgan fingerprint density at radius 2 is 1.67 bits per heavy atom. The normalized spacial score (nSPS) is 18.0. The van der Waals surface area contributed by atoms with Crippen LogP contribution in [-0.2, 0) is 4.74 Å². The summed E-state index contributed by atoms with van der Waals surface area (Å²) in [6.07, 6.45) is 0. The lowest BCUT2D eigenvalue weighted by atomic mass is 10.5. The number of hydrogen-bond acceptors (Lipinski definition) is 2. The van der Waals surface area contributed by atoms with Crippen LogP contribution >= 0.6 is 23.2 Å². The second-order valence-electron chi connectivity index (χ2n) is 1.46. The number of rotatable bonds is 0. The maximum Gasteiger partial charge on any atom is 0.0967 e. The Bertz CT molecular complexity index is 38.7. The van der Waals surface area contributed by atoms with Crippen LogP contribution < -0.4 is 5.32 Å². The number of halogens is 2. The molecule has 56 valence electrons. The lowest BCUT2D eigenvalue weighted by Gasteiger charge is -2.10. The lowest BCUT2D eigenvalue weighted by Crippen LogP contribution is -2.30. The molecule has 0 aromatic rings. The van der Waals surface area contributed by atoms with Gasteiger partial charge in [0.1, 0.15) is 0 Å². The van der Waals surface area contributed by atoms with Gasteiger partial charge in [-0.2, -0.15) is 0 Å². The molecule has 1 aliphatic rings. The minimum absolute atomic E-state index is 0.194. The fraction of sp³-hybridized carbons (Fsp3) is 1.00. The van der Waals surface area contributed by atoms with Crippen molar-refractivity contribution in [2.75, 3.05) is 31.6 Å². The van der Waals surface area contributed by atoms with Gasteiger partial charge in [0.2, 0.25) is 0 Å². The number of ether oxygens (including phenoxy) is 1. The first-order valence-corrected chi connectivity index (χ1v) is 3.89. The van der Waals surface area contributed by atoms with Crippen LogP contribution in [0.15, 0.2) is 0 Å². The van der Waals surface area contributed by atoms with Crippen LogP contribution in [0.3, 0.4) is 0 Å². The first-order chi connectivity index (χ1) is 4.41.